The Bertz CT molecular complexity index is 2730. The normalized spacial score (nSPS) is 12.2. The molecule has 0 N–H and O–H groups in total. The zero-order chi connectivity index (χ0) is 34.9. The van der Waals surface area contributed by atoms with Crippen molar-refractivity contribution in [3.05, 3.63) is 131 Å². The molecule has 246 valence electrons. The number of rotatable bonds is 2. The monoisotopic (exact) mass is 690 g/mol. The van der Waals surface area contributed by atoms with Crippen molar-refractivity contribution in [2.75, 3.05) is 0 Å². The van der Waals surface area contributed by atoms with Crippen molar-refractivity contribution in [3.63, 3.8) is 0 Å². The SMILES string of the molecule is Fc1c(F)c(F)c(-c2ccc3oc4cccc5c4c(c3c2)c2cccc3oc4ccc(-c6c(F)c(F)c(F)c(F)c6F)cc4c5c32)c(F)c1F. The van der Waals surface area contributed by atoms with E-state index < -0.39 is 69.3 Å². The van der Waals surface area contributed by atoms with Crippen LogP contribution in [0.4, 0.5) is 43.9 Å². The molecular formula is C38H12F10O2. The van der Waals surface area contributed by atoms with Gasteiger partial charge in [0.05, 0.1) is 11.1 Å². The lowest BCUT2D eigenvalue weighted by atomic mass is 9.89. The fraction of sp³-hybridized carbons (Fsp3) is 0. The van der Waals surface area contributed by atoms with Gasteiger partial charge in [0.25, 0.3) is 0 Å². The average molecular weight is 690 g/mol. The Morgan fingerprint density at radius 3 is 1.00 bits per heavy atom. The zero-order valence-corrected chi connectivity index (χ0v) is 24.5. The van der Waals surface area contributed by atoms with Gasteiger partial charge in [-0.05, 0) is 58.3 Å². The summed E-state index contributed by atoms with van der Waals surface area (Å²) < 4.78 is 157. The third kappa shape index (κ3) is 3.81. The van der Waals surface area contributed by atoms with Gasteiger partial charge in [-0.15, -0.1) is 0 Å². The molecule has 2 nitrogen and oxygen atoms in total. The van der Waals surface area contributed by atoms with Gasteiger partial charge in [-0.3, -0.25) is 0 Å². The van der Waals surface area contributed by atoms with Crippen LogP contribution in [0.3, 0.4) is 0 Å². The third-order valence-electron chi connectivity index (χ3n) is 9.03. The van der Waals surface area contributed by atoms with Crippen molar-refractivity contribution in [2.45, 2.75) is 0 Å². The molecule has 0 saturated carbocycles. The average Bonchev–Trinajstić information content (AvgIpc) is 3.12. The minimum Gasteiger partial charge on any atom is -0.456 e. The van der Waals surface area contributed by atoms with Crippen molar-refractivity contribution < 1.29 is 52.7 Å². The second kappa shape index (κ2) is 10.2. The fourth-order valence-corrected chi connectivity index (χ4v) is 6.89. The lowest BCUT2D eigenvalue weighted by molar-refractivity contribution is 0.381. The maximum Gasteiger partial charge on any atom is 0.200 e. The molecule has 0 aliphatic carbocycles. The first-order valence-electron chi connectivity index (χ1n) is 14.7. The van der Waals surface area contributed by atoms with Gasteiger partial charge in [0.1, 0.15) is 22.3 Å². The van der Waals surface area contributed by atoms with Crippen LogP contribution in [0.15, 0.2) is 81.6 Å². The number of hydrogen-bond acceptors (Lipinski definition) is 2. The standard InChI is InChI=1S/C38H12F10O2/c39-29-23(30(40)34(44)37(47)33(29)43)13-8-10-20-17(11-13)25-15-3-1-5-21-27(15)26(16-4-2-6-22(50-20)28(16)25)18-12-14(7-9-19(18)49-21)24-31(41)35(45)38(48)36(46)32(24)42/h1-12H. The molecule has 0 fully saturated rings. The van der Waals surface area contributed by atoms with Crippen molar-refractivity contribution in [1.82, 2.24) is 0 Å². The van der Waals surface area contributed by atoms with Crippen LogP contribution in [-0.2, 0) is 0 Å². The van der Waals surface area contributed by atoms with Crippen LogP contribution in [0.5, 0.6) is 0 Å². The Hall–Kier alpha value is -6.04. The molecule has 0 unspecified atom stereocenters. The van der Waals surface area contributed by atoms with Gasteiger partial charge >= 0.3 is 0 Å². The maximum atomic E-state index is 14.9. The molecule has 9 rings (SSSR count). The smallest absolute Gasteiger partial charge is 0.200 e. The van der Waals surface area contributed by atoms with Crippen molar-refractivity contribution in [2.24, 2.45) is 0 Å². The van der Waals surface area contributed by atoms with E-state index in [9.17, 15) is 43.9 Å². The minimum absolute atomic E-state index is 0.198. The molecule has 0 bridgehead atoms. The van der Waals surface area contributed by atoms with E-state index in [1.165, 1.54) is 24.3 Å². The van der Waals surface area contributed by atoms with E-state index in [0.29, 0.717) is 43.5 Å². The Balaban J connectivity index is 1.44. The summed E-state index contributed by atoms with van der Waals surface area (Å²) in [5.74, 6) is -21.1. The van der Waals surface area contributed by atoms with Crippen molar-refractivity contribution in [3.8, 4) is 22.3 Å². The quantitative estimate of drug-likeness (QED) is 0.0593. The first-order valence-corrected chi connectivity index (χ1v) is 14.7. The van der Waals surface area contributed by atoms with Gasteiger partial charge in [0.2, 0.25) is 11.6 Å². The van der Waals surface area contributed by atoms with E-state index in [4.69, 9.17) is 8.83 Å². The summed E-state index contributed by atoms with van der Waals surface area (Å²) >= 11 is 0. The van der Waals surface area contributed by atoms with E-state index >= 15 is 0 Å². The molecule has 0 atom stereocenters. The van der Waals surface area contributed by atoms with Crippen LogP contribution < -0.4 is 0 Å². The number of halogens is 10. The summed E-state index contributed by atoms with van der Waals surface area (Å²) in [5.41, 5.74) is -1.90. The van der Waals surface area contributed by atoms with Gasteiger partial charge in [-0.1, -0.05) is 36.4 Å². The number of hydrogen-bond donors (Lipinski definition) is 0. The minimum atomic E-state index is -2.30. The molecule has 0 amide bonds. The van der Waals surface area contributed by atoms with Crippen LogP contribution in [-0.4, -0.2) is 0 Å². The summed E-state index contributed by atoms with van der Waals surface area (Å²) in [4.78, 5) is 0. The molecule has 12 heteroatoms. The Labute approximate surface area is 271 Å². The van der Waals surface area contributed by atoms with Crippen LogP contribution >= 0.6 is 0 Å². The predicted octanol–water partition coefficient (Wildman–Crippen LogP) is 12.5. The molecule has 0 spiro atoms. The molecule has 2 heterocycles. The molecular weight excluding hydrogens is 678 g/mol. The largest absolute Gasteiger partial charge is 0.456 e. The highest BCUT2D eigenvalue weighted by atomic mass is 19.2. The first kappa shape index (κ1) is 30.1. The molecule has 0 radical (unpaired) electrons. The van der Waals surface area contributed by atoms with Crippen LogP contribution in [0.2, 0.25) is 0 Å². The van der Waals surface area contributed by atoms with Crippen LogP contribution in [0, 0.1) is 58.2 Å². The van der Waals surface area contributed by atoms with Gasteiger partial charge in [0.15, 0.2) is 46.5 Å². The molecule has 50 heavy (non-hydrogen) atoms. The molecule has 2 aromatic heterocycles. The topological polar surface area (TPSA) is 26.3 Å². The predicted molar refractivity (Wildman–Crippen MR) is 166 cm³/mol. The second-order valence-corrected chi connectivity index (χ2v) is 11.6. The van der Waals surface area contributed by atoms with E-state index in [0.717, 1.165) is 12.1 Å². The first-order chi connectivity index (χ1) is 24.0. The molecule has 9 aromatic rings. The van der Waals surface area contributed by atoms with E-state index in [1.54, 1.807) is 36.4 Å². The summed E-state index contributed by atoms with van der Waals surface area (Å²) in [5, 5.41) is 3.22. The third-order valence-corrected chi connectivity index (χ3v) is 9.03. The number of fused-ring (bicyclic) bond motifs is 6. The lowest BCUT2D eigenvalue weighted by Crippen LogP contribution is -2.04. The number of benzene rings is 7. The molecule has 0 saturated heterocycles. The van der Waals surface area contributed by atoms with E-state index in [1.807, 2.05) is 0 Å². The summed E-state index contributed by atoms with van der Waals surface area (Å²) in [6.07, 6.45) is 0. The highest BCUT2D eigenvalue weighted by Gasteiger charge is 2.29. The lowest BCUT2D eigenvalue weighted by Gasteiger charge is -2.18. The van der Waals surface area contributed by atoms with Crippen molar-refractivity contribution >= 4 is 65.4 Å². The van der Waals surface area contributed by atoms with E-state index in [-0.39, 0.29) is 33.1 Å². The fourth-order valence-electron chi connectivity index (χ4n) is 6.89. The summed E-state index contributed by atoms with van der Waals surface area (Å²) in [6, 6.07) is 17.4. The molecule has 7 aromatic carbocycles. The summed E-state index contributed by atoms with van der Waals surface area (Å²) in [6.45, 7) is 0. The molecule has 0 aliphatic rings. The van der Waals surface area contributed by atoms with E-state index in [2.05, 4.69) is 0 Å². The van der Waals surface area contributed by atoms with Crippen molar-refractivity contribution in [1.29, 1.82) is 0 Å². The highest BCUT2D eigenvalue weighted by molar-refractivity contribution is 6.39. The Morgan fingerprint density at radius 2 is 0.640 bits per heavy atom. The van der Waals surface area contributed by atoms with Gasteiger partial charge in [-0.2, -0.15) is 0 Å². The van der Waals surface area contributed by atoms with Gasteiger partial charge < -0.3 is 8.83 Å². The van der Waals surface area contributed by atoms with Gasteiger partial charge in [0, 0.05) is 32.3 Å². The van der Waals surface area contributed by atoms with Gasteiger partial charge in [-0.25, -0.2) is 43.9 Å². The molecule has 0 aliphatic heterocycles. The second-order valence-electron chi connectivity index (χ2n) is 11.6. The maximum absolute atomic E-state index is 14.9. The summed E-state index contributed by atoms with van der Waals surface area (Å²) in [7, 11) is 0. The van der Waals surface area contributed by atoms with Crippen LogP contribution in [0.1, 0.15) is 0 Å². The van der Waals surface area contributed by atoms with Crippen LogP contribution in [0.25, 0.3) is 87.7 Å². The zero-order valence-electron chi connectivity index (χ0n) is 24.5. The Morgan fingerprint density at radius 1 is 0.300 bits per heavy atom. The highest BCUT2D eigenvalue weighted by Crippen LogP contribution is 2.47. The Kier molecular flexibility index (Phi) is 6.15.